The molecule has 17 heavy (non-hydrogen) atoms. The predicted octanol–water partition coefficient (Wildman–Crippen LogP) is 1.03. The Morgan fingerprint density at radius 3 is 3.12 bits per heavy atom. The minimum Gasteiger partial charge on any atom is -0.397 e. The highest BCUT2D eigenvalue weighted by atomic mass is 35.5. The molecule has 1 saturated heterocycles. The summed E-state index contributed by atoms with van der Waals surface area (Å²) >= 11 is 6.12. The molecular weight excluding hydrogens is 240 g/mol. The predicted molar refractivity (Wildman–Crippen MR) is 68.1 cm³/mol. The number of rotatable bonds is 2. The lowest BCUT2D eigenvalue weighted by Crippen LogP contribution is -2.55. The second-order valence-electron chi connectivity index (χ2n) is 3.98. The fraction of sp³-hybridized carbons (Fsp3) is 0.455. The maximum atomic E-state index is 11.7. The highest BCUT2D eigenvalue weighted by Gasteiger charge is 2.30. The van der Waals surface area contributed by atoms with Gasteiger partial charge in [-0.05, 0) is 12.5 Å². The largest absolute Gasteiger partial charge is 0.397 e. The molecule has 1 aliphatic heterocycles. The maximum Gasteiger partial charge on any atom is 0.242 e. The summed E-state index contributed by atoms with van der Waals surface area (Å²) < 4.78 is 0. The lowest BCUT2D eigenvalue weighted by atomic mass is 10.1. The molecule has 3 N–H and O–H groups in total. The van der Waals surface area contributed by atoms with Gasteiger partial charge in [-0.2, -0.15) is 0 Å². The van der Waals surface area contributed by atoms with E-state index in [0.29, 0.717) is 36.0 Å². The molecule has 1 aromatic heterocycles. The quantitative estimate of drug-likeness (QED) is 0.827. The molecule has 0 saturated carbocycles. The van der Waals surface area contributed by atoms with E-state index in [0.717, 1.165) is 0 Å². The van der Waals surface area contributed by atoms with E-state index in [9.17, 15) is 4.79 Å². The maximum absolute atomic E-state index is 11.7. The van der Waals surface area contributed by atoms with Gasteiger partial charge in [-0.25, -0.2) is 4.98 Å². The zero-order valence-electron chi connectivity index (χ0n) is 9.61. The number of piperazine rings is 1. The summed E-state index contributed by atoms with van der Waals surface area (Å²) in [5, 5.41) is 3.32. The fourth-order valence-electron chi connectivity index (χ4n) is 2.03. The molecule has 1 aliphatic rings. The van der Waals surface area contributed by atoms with E-state index in [1.54, 1.807) is 12.3 Å². The normalized spacial score (nSPS) is 20.2. The molecular formula is C11H15ClN4O. The van der Waals surface area contributed by atoms with Crippen molar-refractivity contribution in [1.82, 2.24) is 10.3 Å². The van der Waals surface area contributed by atoms with Crippen LogP contribution in [-0.2, 0) is 4.79 Å². The number of hydrogen-bond acceptors (Lipinski definition) is 4. The zero-order chi connectivity index (χ0) is 12.4. The summed E-state index contributed by atoms with van der Waals surface area (Å²) in [5.41, 5.74) is 6.13. The highest BCUT2D eigenvalue weighted by molar-refractivity contribution is 6.33. The number of carbonyl (C=O) groups excluding carboxylic acids is 1. The minimum absolute atomic E-state index is 0.0217. The van der Waals surface area contributed by atoms with Gasteiger partial charge < -0.3 is 16.0 Å². The van der Waals surface area contributed by atoms with Crippen LogP contribution in [0.15, 0.2) is 12.3 Å². The first-order valence-electron chi connectivity index (χ1n) is 5.59. The Hall–Kier alpha value is -1.49. The van der Waals surface area contributed by atoms with Crippen LogP contribution in [0, 0.1) is 0 Å². The number of nitrogens with one attached hydrogen (secondary N) is 1. The Balaban J connectivity index is 2.33. The number of anilines is 2. The van der Waals surface area contributed by atoms with E-state index in [2.05, 4.69) is 10.3 Å². The summed E-state index contributed by atoms with van der Waals surface area (Å²) in [6.07, 6.45) is 2.27. The summed E-state index contributed by atoms with van der Waals surface area (Å²) in [6.45, 7) is 3.28. The third-order valence-electron chi connectivity index (χ3n) is 2.83. The Labute approximate surface area is 105 Å². The lowest BCUT2D eigenvalue weighted by Gasteiger charge is -2.35. The van der Waals surface area contributed by atoms with Crippen molar-refractivity contribution in [2.75, 3.05) is 23.7 Å². The lowest BCUT2D eigenvalue weighted by molar-refractivity contribution is -0.123. The van der Waals surface area contributed by atoms with Gasteiger partial charge in [-0.3, -0.25) is 4.79 Å². The fourth-order valence-corrected chi connectivity index (χ4v) is 2.31. The van der Waals surface area contributed by atoms with Crippen molar-refractivity contribution in [1.29, 1.82) is 0 Å². The van der Waals surface area contributed by atoms with Crippen LogP contribution >= 0.6 is 11.6 Å². The smallest absolute Gasteiger partial charge is 0.242 e. The number of carbonyl (C=O) groups is 1. The first-order valence-corrected chi connectivity index (χ1v) is 5.96. The number of nitrogen functional groups attached to an aromatic ring is 1. The van der Waals surface area contributed by atoms with Crippen molar-refractivity contribution >= 4 is 29.0 Å². The van der Waals surface area contributed by atoms with Gasteiger partial charge in [0.25, 0.3) is 0 Å². The van der Waals surface area contributed by atoms with Crippen LogP contribution < -0.4 is 16.0 Å². The molecule has 0 bridgehead atoms. The summed E-state index contributed by atoms with van der Waals surface area (Å²) in [4.78, 5) is 17.9. The summed E-state index contributed by atoms with van der Waals surface area (Å²) in [7, 11) is 0. The molecule has 1 unspecified atom stereocenters. The Bertz CT molecular complexity index is 437. The van der Waals surface area contributed by atoms with Crippen molar-refractivity contribution in [2.45, 2.75) is 19.4 Å². The number of hydrogen-bond donors (Lipinski definition) is 2. The van der Waals surface area contributed by atoms with Crippen LogP contribution in [0.25, 0.3) is 0 Å². The van der Waals surface area contributed by atoms with Crippen LogP contribution in [0.3, 0.4) is 0 Å². The van der Waals surface area contributed by atoms with Crippen LogP contribution in [0.1, 0.15) is 13.3 Å². The van der Waals surface area contributed by atoms with Crippen LogP contribution in [0.4, 0.5) is 11.5 Å². The van der Waals surface area contributed by atoms with Gasteiger partial charge in [-0.15, -0.1) is 0 Å². The molecule has 0 spiro atoms. The third-order valence-corrected chi connectivity index (χ3v) is 3.11. The molecule has 0 aromatic carbocycles. The topological polar surface area (TPSA) is 71.2 Å². The summed E-state index contributed by atoms with van der Waals surface area (Å²) in [5.74, 6) is 0.649. The van der Waals surface area contributed by atoms with Crippen molar-refractivity contribution in [3.63, 3.8) is 0 Å². The van der Waals surface area contributed by atoms with Gasteiger partial charge in [0.05, 0.1) is 16.9 Å². The Morgan fingerprint density at radius 1 is 1.71 bits per heavy atom. The molecule has 92 valence electrons. The number of nitrogens with two attached hydrogens (primary N) is 1. The molecule has 2 heterocycles. The standard InChI is InChI=1S/C11H15ClN4O/c1-2-9-11(17)14-3-4-16(9)10-8(12)5-7(13)6-15-10/h5-6,9H,2-4,13H2,1H3,(H,14,17). The Kier molecular flexibility index (Phi) is 3.38. The van der Waals surface area contributed by atoms with Crippen LogP contribution in [0.5, 0.6) is 0 Å². The number of pyridine rings is 1. The van der Waals surface area contributed by atoms with Crippen molar-refractivity contribution in [3.8, 4) is 0 Å². The average Bonchev–Trinajstić information content (AvgIpc) is 2.29. The van der Waals surface area contributed by atoms with Gasteiger partial charge in [0.2, 0.25) is 5.91 Å². The van der Waals surface area contributed by atoms with E-state index >= 15 is 0 Å². The van der Waals surface area contributed by atoms with Gasteiger partial charge in [0.1, 0.15) is 11.9 Å². The summed E-state index contributed by atoms with van der Waals surface area (Å²) in [6, 6.07) is 1.45. The molecule has 6 heteroatoms. The van der Waals surface area contributed by atoms with Gasteiger partial charge >= 0.3 is 0 Å². The van der Waals surface area contributed by atoms with Gasteiger partial charge in [-0.1, -0.05) is 18.5 Å². The second-order valence-corrected chi connectivity index (χ2v) is 4.39. The number of nitrogens with zero attached hydrogens (tertiary/aromatic N) is 2. The first-order chi connectivity index (χ1) is 8.13. The Morgan fingerprint density at radius 2 is 2.47 bits per heavy atom. The third kappa shape index (κ3) is 2.29. The van der Waals surface area contributed by atoms with Gasteiger partial charge in [0, 0.05) is 13.1 Å². The second kappa shape index (κ2) is 4.79. The molecule has 2 rings (SSSR count). The monoisotopic (exact) mass is 254 g/mol. The molecule has 0 radical (unpaired) electrons. The van der Waals surface area contributed by atoms with E-state index < -0.39 is 0 Å². The van der Waals surface area contributed by atoms with Crippen molar-refractivity contribution in [2.24, 2.45) is 0 Å². The molecule has 0 aliphatic carbocycles. The van der Waals surface area contributed by atoms with E-state index in [-0.39, 0.29) is 11.9 Å². The molecule has 1 fully saturated rings. The van der Waals surface area contributed by atoms with Crippen molar-refractivity contribution < 1.29 is 4.79 Å². The van der Waals surface area contributed by atoms with E-state index in [1.165, 1.54) is 0 Å². The molecule has 1 amide bonds. The van der Waals surface area contributed by atoms with Crippen molar-refractivity contribution in [3.05, 3.63) is 17.3 Å². The SMILES string of the molecule is CCC1C(=O)NCCN1c1ncc(N)cc1Cl. The zero-order valence-corrected chi connectivity index (χ0v) is 10.4. The highest BCUT2D eigenvalue weighted by Crippen LogP contribution is 2.27. The van der Waals surface area contributed by atoms with Crippen LogP contribution in [-0.4, -0.2) is 30.0 Å². The average molecular weight is 255 g/mol. The molecule has 1 atom stereocenters. The molecule has 1 aromatic rings. The van der Waals surface area contributed by atoms with Gasteiger partial charge in [0.15, 0.2) is 0 Å². The van der Waals surface area contributed by atoms with E-state index in [4.69, 9.17) is 17.3 Å². The number of amides is 1. The van der Waals surface area contributed by atoms with Crippen LogP contribution in [0.2, 0.25) is 5.02 Å². The minimum atomic E-state index is -0.211. The first kappa shape index (κ1) is 12.0. The van der Waals surface area contributed by atoms with E-state index in [1.807, 2.05) is 11.8 Å². The molecule has 5 nitrogen and oxygen atoms in total. The number of halogens is 1. The number of aromatic nitrogens is 1.